The van der Waals surface area contributed by atoms with Crippen molar-refractivity contribution in [2.45, 2.75) is 5.41 Å². The molecule has 2 nitrogen and oxygen atoms in total. The summed E-state index contributed by atoms with van der Waals surface area (Å²) in [6.45, 7) is 0. The monoisotopic (exact) mass is 575 g/mol. The average molecular weight is 576 g/mol. The van der Waals surface area contributed by atoms with E-state index >= 15 is 0 Å². The van der Waals surface area contributed by atoms with E-state index in [2.05, 4.69) is 163 Å². The largest absolute Gasteiger partial charge is 0.455 e. The van der Waals surface area contributed by atoms with Gasteiger partial charge in [0, 0.05) is 38.8 Å². The summed E-state index contributed by atoms with van der Waals surface area (Å²) in [4.78, 5) is 0. The summed E-state index contributed by atoms with van der Waals surface area (Å²) in [5, 5.41) is 6.17. The van der Waals surface area contributed by atoms with Crippen molar-refractivity contribution in [1.82, 2.24) is 0 Å². The van der Waals surface area contributed by atoms with E-state index in [1.165, 1.54) is 33.4 Å². The Balaban J connectivity index is 1.26. The van der Waals surface area contributed by atoms with Gasteiger partial charge in [0.1, 0.15) is 11.2 Å². The maximum absolute atomic E-state index is 6.46. The number of anilines is 2. The first kappa shape index (κ1) is 25.6. The van der Waals surface area contributed by atoms with Gasteiger partial charge in [-0.05, 0) is 46.0 Å². The molecule has 0 unspecified atom stereocenters. The number of hydrogen-bond acceptors (Lipinski definition) is 2. The minimum Gasteiger partial charge on any atom is -0.455 e. The number of benzene rings is 7. The van der Waals surface area contributed by atoms with Crippen LogP contribution in [-0.4, -0.2) is 0 Å². The molecule has 0 saturated carbocycles. The van der Waals surface area contributed by atoms with Gasteiger partial charge in [-0.1, -0.05) is 152 Å². The zero-order valence-electron chi connectivity index (χ0n) is 24.6. The lowest BCUT2D eigenvalue weighted by molar-refractivity contribution is 0.670. The fourth-order valence-corrected chi connectivity index (χ4v) is 7.53. The van der Waals surface area contributed by atoms with Crippen LogP contribution in [-0.2, 0) is 5.41 Å². The molecule has 7 aromatic carbocycles. The van der Waals surface area contributed by atoms with E-state index in [1.807, 2.05) is 12.1 Å². The molecular weight excluding hydrogens is 546 g/mol. The SMILES string of the molecule is c1ccc(C2(c3ccccc3)c3ccccc3-c3c(Nc4ccccc4-c4cccc5c4oc4ccccc45)cccc32)cc1. The predicted octanol–water partition coefficient (Wildman–Crippen LogP) is 11.4. The molecule has 9 rings (SSSR count). The van der Waals surface area contributed by atoms with Gasteiger partial charge in [0.15, 0.2) is 0 Å². The zero-order chi connectivity index (χ0) is 29.8. The second-order valence-corrected chi connectivity index (χ2v) is 11.7. The van der Waals surface area contributed by atoms with Gasteiger partial charge in [-0.2, -0.15) is 0 Å². The first-order valence-corrected chi connectivity index (χ1v) is 15.4. The Morgan fingerprint density at radius 1 is 0.400 bits per heavy atom. The molecule has 1 aromatic heterocycles. The second-order valence-electron chi connectivity index (χ2n) is 11.7. The third-order valence-corrected chi connectivity index (χ3v) is 9.37. The molecule has 0 amide bonds. The van der Waals surface area contributed by atoms with Gasteiger partial charge in [0.2, 0.25) is 0 Å². The third-order valence-electron chi connectivity index (χ3n) is 9.37. The zero-order valence-corrected chi connectivity index (χ0v) is 24.6. The minimum atomic E-state index is -0.439. The van der Waals surface area contributed by atoms with Crippen LogP contribution in [0, 0.1) is 0 Å². The highest BCUT2D eigenvalue weighted by Gasteiger charge is 2.46. The van der Waals surface area contributed by atoms with Crippen LogP contribution in [0.5, 0.6) is 0 Å². The molecule has 2 heteroatoms. The summed E-state index contributed by atoms with van der Waals surface area (Å²) in [7, 11) is 0. The average Bonchev–Trinajstić information content (AvgIpc) is 3.64. The molecule has 0 saturated heterocycles. The van der Waals surface area contributed by atoms with Gasteiger partial charge >= 0.3 is 0 Å². The van der Waals surface area contributed by atoms with Crippen LogP contribution < -0.4 is 5.32 Å². The predicted molar refractivity (Wildman–Crippen MR) is 186 cm³/mol. The third kappa shape index (κ3) is 3.76. The Hall–Kier alpha value is -5.86. The van der Waals surface area contributed by atoms with Gasteiger partial charge in [-0.3, -0.25) is 0 Å². The molecule has 0 radical (unpaired) electrons. The Morgan fingerprint density at radius 2 is 0.956 bits per heavy atom. The summed E-state index contributed by atoms with van der Waals surface area (Å²) < 4.78 is 6.46. The summed E-state index contributed by atoms with van der Waals surface area (Å²) >= 11 is 0. The van der Waals surface area contributed by atoms with Crippen LogP contribution in [0.3, 0.4) is 0 Å². The van der Waals surface area contributed by atoms with E-state index in [0.717, 1.165) is 44.4 Å². The molecule has 0 spiro atoms. The molecule has 0 atom stereocenters. The molecule has 1 heterocycles. The number of para-hydroxylation sites is 3. The van der Waals surface area contributed by atoms with E-state index in [-0.39, 0.29) is 0 Å². The molecule has 8 aromatic rings. The van der Waals surface area contributed by atoms with Crippen molar-refractivity contribution in [3.63, 3.8) is 0 Å². The standard InChI is InChI=1S/C43H29NO/c1-3-15-29(16-4-1)43(30-17-5-2-6-18-30)36-24-10-7-21-35(36)41-37(43)25-14-27-39(41)44-38-26-11-8-19-31(38)33-22-13-23-34-32-20-9-12-28-40(32)45-42(33)34/h1-28,44H. The van der Waals surface area contributed by atoms with Gasteiger partial charge in [0.05, 0.1) is 5.41 Å². The van der Waals surface area contributed by atoms with E-state index in [4.69, 9.17) is 4.42 Å². The highest BCUT2D eigenvalue weighted by Crippen LogP contribution is 2.58. The van der Waals surface area contributed by atoms with Crippen molar-refractivity contribution in [2.24, 2.45) is 0 Å². The lowest BCUT2D eigenvalue weighted by Gasteiger charge is -2.34. The summed E-state index contributed by atoms with van der Waals surface area (Å²) in [6, 6.07) is 60.7. The quantitative estimate of drug-likeness (QED) is 0.221. The van der Waals surface area contributed by atoms with Crippen molar-refractivity contribution < 1.29 is 4.42 Å². The van der Waals surface area contributed by atoms with Crippen molar-refractivity contribution >= 4 is 33.3 Å². The van der Waals surface area contributed by atoms with Gasteiger partial charge in [0.25, 0.3) is 0 Å². The second kappa shape index (κ2) is 10.1. The van der Waals surface area contributed by atoms with Crippen LogP contribution in [0.4, 0.5) is 11.4 Å². The molecule has 0 bridgehead atoms. The van der Waals surface area contributed by atoms with Crippen LogP contribution in [0.25, 0.3) is 44.2 Å². The summed E-state index contributed by atoms with van der Waals surface area (Å²) in [5.41, 5.74) is 13.2. The molecule has 1 aliphatic rings. The normalized spacial score (nSPS) is 13.1. The van der Waals surface area contributed by atoms with E-state index in [9.17, 15) is 0 Å². The first-order chi connectivity index (χ1) is 22.3. The Morgan fingerprint density at radius 3 is 1.76 bits per heavy atom. The number of nitrogens with one attached hydrogen (secondary N) is 1. The molecule has 45 heavy (non-hydrogen) atoms. The number of rotatable bonds is 5. The highest BCUT2D eigenvalue weighted by molar-refractivity contribution is 6.10. The Labute approximate surface area is 262 Å². The van der Waals surface area contributed by atoms with Crippen molar-refractivity contribution in [2.75, 3.05) is 5.32 Å². The Kier molecular flexibility index (Phi) is 5.76. The maximum Gasteiger partial charge on any atom is 0.143 e. The topological polar surface area (TPSA) is 25.2 Å². The molecule has 0 aliphatic heterocycles. The van der Waals surface area contributed by atoms with Gasteiger partial charge in [-0.15, -0.1) is 0 Å². The van der Waals surface area contributed by atoms with Crippen molar-refractivity contribution in [3.8, 4) is 22.3 Å². The molecule has 1 aliphatic carbocycles. The van der Waals surface area contributed by atoms with Gasteiger partial charge in [-0.25, -0.2) is 0 Å². The molecule has 212 valence electrons. The van der Waals surface area contributed by atoms with E-state index in [0.29, 0.717) is 0 Å². The number of hydrogen-bond donors (Lipinski definition) is 1. The van der Waals surface area contributed by atoms with E-state index < -0.39 is 5.41 Å². The lowest BCUT2D eigenvalue weighted by atomic mass is 9.68. The van der Waals surface area contributed by atoms with Crippen LogP contribution >= 0.6 is 0 Å². The fourth-order valence-electron chi connectivity index (χ4n) is 7.53. The fraction of sp³-hybridized carbons (Fsp3) is 0.0233. The van der Waals surface area contributed by atoms with Crippen LogP contribution in [0.2, 0.25) is 0 Å². The first-order valence-electron chi connectivity index (χ1n) is 15.4. The van der Waals surface area contributed by atoms with Gasteiger partial charge < -0.3 is 9.73 Å². The highest BCUT2D eigenvalue weighted by atomic mass is 16.3. The Bertz CT molecular complexity index is 2310. The van der Waals surface area contributed by atoms with Crippen LogP contribution in [0.1, 0.15) is 22.3 Å². The van der Waals surface area contributed by atoms with Crippen molar-refractivity contribution in [1.29, 1.82) is 0 Å². The molecular formula is C43H29NO. The van der Waals surface area contributed by atoms with Crippen LogP contribution in [0.15, 0.2) is 174 Å². The number of fused-ring (bicyclic) bond motifs is 6. The lowest BCUT2D eigenvalue weighted by Crippen LogP contribution is -2.28. The summed E-state index contributed by atoms with van der Waals surface area (Å²) in [6.07, 6.45) is 0. The number of furan rings is 1. The van der Waals surface area contributed by atoms with Crippen molar-refractivity contribution in [3.05, 3.63) is 192 Å². The minimum absolute atomic E-state index is 0.439. The molecule has 1 N–H and O–H groups in total. The summed E-state index contributed by atoms with van der Waals surface area (Å²) in [5.74, 6) is 0. The van der Waals surface area contributed by atoms with E-state index in [1.54, 1.807) is 0 Å². The maximum atomic E-state index is 6.46. The smallest absolute Gasteiger partial charge is 0.143 e. The molecule has 0 fully saturated rings.